The summed E-state index contributed by atoms with van der Waals surface area (Å²) in [6.45, 7) is 0.123. The average Bonchev–Trinajstić information content (AvgIpc) is 3.10. The smallest absolute Gasteiger partial charge is 0.341 e. The van der Waals surface area contributed by atoms with E-state index in [1.807, 2.05) is 0 Å². The maximum absolute atomic E-state index is 12.5. The Morgan fingerprint density at radius 1 is 1.27 bits per heavy atom. The number of benzene rings is 1. The molecule has 11 heteroatoms. The van der Waals surface area contributed by atoms with E-state index in [9.17, 15) is 22.8 Å². The lowest BCUT2D eigenvalue weighted by Crippen LogP contribution is -2.43. The summed E-state index contributed by atoms with van der Waals surface area (Å²) in [5, 5.41) is 8.00. The predicted molar refractivity (Wildman–Crippen MR) is 107 cm³/mol. The minimum atomic E-state index is -3.18. The second-order valence-electron chi connectivity index (χ2n) is 7.05. The van der Waals surface area contributed by atoms with Crippen LogP contribution in [-0.4, -0.2) is 68.7 Å². The van der Waals surface area contributed by atoms with Crippen LogP contribution in [0.3, 0.4) is 0 Å². The van der Waals surface area contributed by atoms with Crippen molar-refractivity contribution in [2.75, 3.05) is 25.7 Å². The fourth-order valence-electron chi connectivity index (χ4n) is 3.41. The first kappa shape index (κ1) is 21.8. The Morgan fingerprint density at radius 3 is 2.67 bits per heavy atom. The van der Waals surface area contributed by atoms with Crippen molar-refractivity contribution in [3.8, 4) is 5.75 Å². The molecule has 1 aromatic rings. The number of nitrogens with one attached hydrogen (secondary N) is 1. The van der Waals surface area contributed by atoms with Gasteiger partial charge in [0.2, 0.25) is 5.91 Å². The van der Waals surface area contributed by atoms with Gasteiger partial charge in [-0.1, -0.05) is 6.07 Å². The summed E-state index contributed by atoms with van der Waals surface area (Å²) in [5.74, 6) is -1.07. The number of methoxy groups -OCH3 is 2. The van der Waals surface area contributed by atoms with E-state index < -0.39 is 27.8 Å². The normalized spacial score (nSPS) is 20.5. The van der Waals surface area contributed by atoms with Gasteiger partial charge >= 0.3 is 5.97 Å². The zero-order valence-electron chi connectivity index (χ0n) is 16.7. The molecule has 1 atom stereocenters. The molecule has 0 bridgehead atoms. The van der Waals surface area contributed by atoms with Crippen LogP contribution >= 0.6 is 0 Å². The third-order valence-corrected chi connectivity index (χ3v) is 6.75. The van der Waals surface area contributed by atoms with Crippen LogP contribution in [-0.2, 0) is 30.7 Å². The molecule has 1 saturated heterocycles. The molecule has 2 amide bonds. The third-order valence-electron chi connectivity index (χ3n) is 5.00. The molecular weight excluding hydrogens is 414 g/mol. The van der Waals surface area contributed by atoms with Gasteiger partial charge in [0.1, 0.15) is 17.0 Å². The second kappa shape index (κ2) is 8.82. The summed E-state index contributed by atoms with van der Waals surface area (Å²) in [7, 11) is -0.482. The Balaban J connectivity index is 1.69. The first-order valence-electron chi connectivity index (χ1n) is 9.37. The topological polar surface area (TPSA) is 131 Å². The van der Waals surface area contributed by atoms with Crippen LogP contribution in [0.1, 0.15) is 35.2 Å². The molecule has 2 aliphatic rings. The summed E-state index contributed by atoms with van der Waals surface area (Å²) < 4.78 is 33.3. The quantitative estimate of drug-likeness (QED) is 0.632. The van der Waals surface area contributed by atoms with Crippen LogP contribution in [0.15, 0.2) is 23.3 Å². The van der Waals surface area contributed by atoms with E-state index in [4.69, 9.17) is 9.47 Å². The number of sulfone groups is 1. The minimum absolute atomic E-state index is 0.0124. The Hall–Kier alpha value is -2.95. The molecule has 0 saturated carbocycles. The molecule has 0 radical (unpaired) electrons. The SMILES string of the molecule is COC(=O)c1cc(CNC(=O)C2=NN(C3CCS(=O)(=O)C3)C(=O)CC2)ccc1OC. The van der Waals surface area contributed by atoms with Gasteiger partial charge in [0.15, 0.2) is 9.84 Å². The number of ether oxygens (including phenoxy) is 2. The van der Waals surface area contributed by atoms with E-state index >= 15 is 0 Å². The zero-order chi connectivity index (χ0) is 21.9. The van der Waals surface area contributed by atoms with Crippen LogP contribution in [0.2, 0.25) is 0 Å². The van der Waals surface area contributed by atoms with Crippen molar-refractivity contribution in [1.29, 1.82) is 0 Å². The Labute approximate surface area is 174 Å². The van der Waals surface area contributed by atoms with Crippen LogP contribution in [0.5, 0.6) is 5.75 Å². The fraction of sp³-hybridized carbons (Fsp3) is 0.474. The van der Waals surface area contributed by atoms with Crippen LogP contribution in [0.25, 0.3) is 0 Å². The van der Waals surface area contributed by atoms with Gasteiger partial charge < -0.3 is 14.8 Å². The molecular formula is C19H23N3O7S. The average molecular weight is 437 g/mol. The maximum Gasteiger partial charge on any atom is 0.341 e. The number of amides is 2. The monoisotopic (exact) mass is 437 g/mol. The van der Waals surface area contributed by atoms with Crippen molar-refractivity contribution in [3.63, 3.8) is 0 Å². The lowest BCUT2D eigenvalue weighted by atomic mass is 10.1. The molecule has 162 valence electrons. The first-order chi connectivity index (χ1) is 14.2. The van der Waals surface area contributed by atoms with E-state index in [1.54, 1.807) is 18.2 Å². The zero-order valence-corrected chi connectivity index (χ0v) is 17.5. The number of rotatable bonds is 6. The van der Waals surface area contributed by atoms with Gasteiger partial charge in [0, 0.05) is 19.4 Å². The first-order valence-corrected chi connectivity index (χ1v) is 11.2. The van der Waals surface area contributed by atoms with E-state index in [0.29, 0.717) is 17.7 Å². The molecule has 1 fully saturated rings. The van der Waals surface area contributed by atoms with Crippen molar-refractivity contribution in [2.45, 2.75) is 31.8 Å². The lowest BCUT2D eigenvalue weighted by molar-refractivity contribution is -0.133. The summed E-state index contributed by atoms with van der Waals surface area (Å²) in [6.07, 6.45) is 0.586. The molecule has 0 aliphatic carbocycles. The highest BCUT2D eigenvalue weighted by molar-refractivity contribution is 7.91. The molecule has 10 nitrogen and oxygen atoms in total. The third kappa shape index (κ3) is 4.78. The standard InChI is InChI=1S/C19H23N3O7S/c1-28-16-5-3-12(9-14(16)19(25)29-2)10-20-18(24)15-4-6-17(23)22(21-15)13-7-8-30(26,27)11-13/h3,5,9,13H,4,6-8,10-11H2,1-2H3,(H,20,24). The van der Waals surface area contributed by atoms with E-state index in [2.05, 4.69) is 10.4 Å². The van der Waals surface area contributed by atoms with Crippen molar-refractivity contribution in [3.05, 3.63) is 29.3 Å². The van der Waals surface area contributed by atoms with Crippen molar-refractivity contribution < 1.29 is 32.3 Å². The molecule has 1 aromatic carbocycles. The van der Waals surface area contributed by atoms with Gasteiger partial charge in [0.05, 0.1) is 31.8 Å². The largest absolute Gasteiger partial charge is 0.496 e. The van der Waals surface area contributed by atoms with Crippen molar-refractivity contribution in [1.82, 2.24) is 10.3 Å². The van der Waals surface area contributed by atoms with Crippen LogP contribution < -0.4 is 10.1 Å². The number of hydrogen-bond donors (Lipinski definition) is 1. The summed E-state index contributed by atoms with van der Waals surface area (Å²) >= 11 is 0. The number of carbonyl (C=O) groups is 3. The highest BCUT2D eigenvalue weighted by Gasteiger charge is 2.37. The molecule has 0 aromatic heterocycles. The number of esters is 1. The molecule has 30 heavy (non-hydrogen) atoms. The van der Waals surface area contributed by atoms with Crippen LogP contribution in [0.4, 0.5) is 0 Å². The van der Waals surface area contributed by atoms with E-state index in [0.717, 1.165) is 5.01 Å². The maximum atomic E-state index is 12.5. The van der Waals surface area contributed by atoms with Gasteiger partial charge in [0.25, 0.3) is 5.91 Å². The van der Waals surface area contributed by atoms with Crippen molar-refractivity contribution in [2.24, 2.45) is 5.10 Å². The summed E-state index contributed by atoms with van der Waals surface area (Å²) in [6, 6.07) is 4.34. The molecule has 3 rings (SSSR count). The summed E-state index contributed by atoms with van der Waals surface area (Å²) in [5.41, 5.74) is 1.05. The highest BCUT2D eigenvalue weighted by Crippen LogP contribution is 2.23. The van der Waals surface area contributed by atoms with E-state index in [1.165, 1.54) is 14.2 Å². The van der Waals surface area contributed by atoms with Crippen LogP contribution in [0, 0.1) is 0 Å². The minimum Gasteiger partial charge on any atom is -0.496 e. The summed E-state index contributed by atoms with van der Waals surface area (Å²) in [4.78, 5) is 36.6. The van der Waals surface area contributed by atoms with Gasteiger partial charge in [-0.05, 0) is 24.1 Å². The van der Waals surface area contributed by atoms with Crippen molar-refractivity contribution >= 4 is 33.3 Å². The molecule has 0 spiro atoms. The van der Waals surface area contributed by atoms with Gasteiger partial charge in [-0.15, -0.1) is 0 Å². The lowest BCUT2D eigenvalue weighted by Gasteiger charge is -2.27. The van der Waals surface area contributed by atoms with Gasteiger partial charge in [-0.25, -0.2) is 18.2 Å². The second-order valence-corrected chi connectivity index (χ2v) is 9.28. The molecule has 2 heterocycles. The highest BCUT2D eigenvalue weighted by atomic mass is 32.2. The predicted octanol–water partition coefficient (Wildman–Crippen LogP) is 0.264. The number of hydrazone groups is 1. The Morgan fingerprint density at radius 2 is 2.03 bits per heavy atom. The number of nitrogens with zero attached hydrogens (tertiary/aromatic N) is 2. The fourth-order valence-corrected chi connectivity index (χ4v) is 5.10. The number of carbonyl (C=O) groups excluding carboxylic acids is 3. The van der Waals surface area contributed by atoms with Gasteiger partial charge in [-0.3, -0.25) is 9.59 Å². The molecule has 1 N–H and O–H groups in total. The van der Waals surface area contributed by atoms with Gasteiger partial charge in [-0.2, -0.15) is 5.10 Å². The molecule has 2 aliphatic heterocycles. The van der Waals surface area contributed by atoms with E-state index in [-0.39, 0.29) is 48.1 Å². The Kier molecular flexibility index (Phi) is 6.40. The number of hydrogen-bond acceptors (Lipinski definition) is 8. The Bertz CT molecular complexity index is 1000. The molecule has 1 unspecified atom stereocenters.